The number of nitrogens with one attached hydrogen (secondary N) is 1. The van der Waals surface area contributed by atoms with Crippen molar-refractivity contribution in [1.82, 2.24) is 15.5 Å². The van der Waals surface area contributed by atoms with Gasteiger partial charge in [-0.25, -0.2) is 0 Å². The molecule has 2 aromatic rings. The van der Waals surface area contributed by atoms with E-state index < -0.39 is 0 Å². The highest BCUT2D eigenvalue weighted by Gasteiger charge is 2.10. The Hall–Kier alpha value is -2.37. The molecule has 1 N–H and O–H groups in total. The average Bonchev–Trinajstić information content (AvgIpc) is 2.96. The van der Waals surface area contributed by atoms with Crippen LogP contribution in [0.25, 0.3) is 0 Å². The zero-order valence-electron chi connectivity index (χ0n) is 13.1. The first kappa shape index (κ1) is 16.0. The smallest absolute Gasteiger partial charge is 0.257 e. The van der Waals surface area contributed by atoms with Crippen LogP contribution in [0.5, 0.6) is 5.75 Å². The van der Waals surface area contributed by atoms with Gasteiger partial charge < -0.3 is 14.5 Å². The van der Waals surface area contributed by atoms with E-state index in [4.69, 9.17) is 9.15 Å². The standard InChI is InChI=1S/C16H21N3O3/c1-11(2)16-19-18-15(22-16)8-9-17-14(20)10-21-13-6-4-12(3)5-7-13/h4-7,11H,8-10H2,1-3H3,(H,17,20). The maximum Gasteiger partial charge on any atom is 0.257 e. The molecule has 0 saturated heterocycles. The maximum atomic E-state index is 11.7. The van der Waals surface area contributed by atoms with Crippen molar-refractivity contribution in [2.45, 2.75) is 33.1 Å². The number of rotatable bonds is 7. The number of hydrogen-bond donors (Lipinski definition) is 1. The van der Waals surface area contributed by atoms with Crippen LogP contribution in [-0.4, -0.2) is 29.3 Å². The third-order valence-electron chi connectivity index (χ3n) is 3.03. The van der Waals surface area contributed by atoms with Crippen molar-refractivity contribution >= 4 is 5.91 Å². The Kier molecular flexibility index (Phi) is 5.52. The molecule has 0 aliphatic heterocycles. The average molecular weight is 303 g/mol. The van der Waals surface area contributed by atoms with E-state index in [0.717, 1.165) is 5.56 Å². The van der Waals surface area contributed by atoms with Crippen molar-refractivity contribution in [2.24, 2.45) is 0 Å². The van der Waals surface area contributed by atoms with Crippen molar-refractivity contribution in [1.29, 1.82) is 0 Å². The van der Waals surface area contributed by atoms with Crippen molar-refractivity contribution in [3.63, 3.8) is 0 Å². The molecule has 118 valence electrons. The first-order valence-corrected chi connectivity index (χ1v) is 7.33. The summed E-state index contributed by atoms with van der Waals surface area (Å²) in [4.78, 5) is 11.7. The fourth-order valence-corrected chi connectivity index (χ4v) is 1.74. The largest absolute Gasteiger partial charge is 0.484 e. The Morgan fingerprint density at radius 1 is 1.27 bits per heavy atom. The van der Waals surface area contributed by atoms with Crippen LogP contribution in [-0.2, 0) is 11.2 Å². The lowest BCUT2D eigenvalue weighted by molar-refractivity contribution is -0.123. The second-order valence-corrected chi connectivity index (χ2v) is 5.39. The van der Waals surface area contributed by atoms with Crippen LogP contribution in [0.4, 0.5) is 0 Å². The molecule has 22 heavy (non-hydrogen) atoms. The monoisotopic (exact) mass is 303 g/mol. The van der Waals surface area contributed by atoms with E-state index in [-0.39, 0.29) is 18.4 Å². The van der Waals surface area contributed by atoms with Crippen LogP contribution in [0.15, 0.2) is 28.7 Å². The van der Waals surface area contributed by atoms with Gasteiger partial charge in [0.2, 0.25) is 11.8 Å². The Morgan fingerprint density at radius 3 is 2.64 bits per heavy atom. The van der Waals surface area contributed by atoms with Gasteiger partial charge in [-0.2, -0.15) is 0 Å². The van der Waals surface area contributed by atoms with Crippen LogP contribution < -0.4 is 10.1 Å². The molecule has 0 aliphatic carbocycles. The predicted octanol–water partition coefficient (Wildman–Crippen LogP) is 2.24. The molecule has 2 rings (SSSR count). The minimum Gasteiger partial charge on any atom is -0.484 e. The first-order chi connectivity index (χ1) is 10.5. The van der Waals surface area contributed by atoms with Gasteiger partial charge in [0.1, 0.15) is 5.75 Å². The van der Waals surface area contributed by atoms with Gasteiger partial charge in [0.25, 0.3) is 5.91 Å². The topological polar surface area (TPSA) is 77.2 Å². The number of amides is 1. The number of carbonyl (C=O) groups is 1. The van der Waals surface area contributed by atoms with Gasteiger partial charge in [0.15, 0.2) is 6.61 Å². The summed E-state index contributed by atoms with van der Waals surface area (Å²) in [7, 11) is 0. The number of ether oxygens (including phenoxy) is 1. The lowest BCUT2D eigenvalue weighted by Crippen LogP contribution is -2.30. The zero-order valence-corrected chi connectivity index (χ0v) is 13.1. The van der Waals surface area contributed by atoms with Crippen LogP contribution in [0.2, 0.25) is 0 Å². The minimum absolute atomic E-state index is 0.00978. The number of benzene rings is 1. The summed E-state index contributed by atoms with van der Waals surface area (Å²) in [6, 6.07) is 7.56. The SMILES string of the molecule is Cc1ccc(OCC(=O)NCCc2nnc(C(C)C)o2)cc1. The first-order valence-electron chi connectivity index (χ1n) is 7.33. The maximum absolute atomic E-state index is 11.7. The molecule has 0 atom stereocenters. The molecule has 1 amide bonds. The summed E-state index contributed by atoms with van der Waals surface area (Å²) < 4.78 is 10.9. The lowest BCUT2D eigenvalue weighted by Gasteiger charge is -2.06. The molecule has 0 radical (unpaired) electrons. The van der Waals surface area contributed by atoms with E-state index in [9.17, 15) is 4.79 Å². The summed E-state index contributed by atoms with van der Waals surface area (Å²) >= 11 is 0. The predicted molar refractivity (Wildman–Crippen MR) is 81.8 cm³/mol. The van der Waals surface area contributed by atoms with E-state index in [1.54, 1.807) is 0 Å². The summed E-state index contributed by atoms with van der Waals surface area (Å²) in [5, 5.41) is 10.6. The Labute approximate surface area is 129 Å². The quantitative estimate of drug-likeness (QED) is 0.848. The van der Waals surface area contributed by atoms with E-state index in [0.29, 0.717) is 30.5 Å². The van der Waals surface area contributed by atoms with Gasteiger partial charge in [-0.15, -0.1) is 10.2 Å². The summed E-state index contributed by atoms with van der Waals surface area (Å²) in [5.41, 5.74) is 1.15. The second-order valence-electron chi connectivity index (χ2n) is 5.39. The highest BCUT2D eigenvalue weighted by molar-refractivity contribution is 5.77. The molecule has 6 nitrogen and oxygen atoms in total. The van der Waals surface area contributed by atoms with Gasteiger partial charge in [0, 0.05) is 18.9 Å². The highest BCUT2D eigenvalue weighted by Crippen LogP contribution is 2.12. The Bertz CT molecular complexity index is 605. The van der Waals surface area contributed by atoms with Crippen LogP contribution >= 0.6 is 0 Å². The molecule has 1 aromatic heterocycles. The fourth-order valence-electron chi connectivity index (χ4n) is 1.74. The van der Waals surface area contributed by atoms with E-state index in [2.05, 4.69) is 15.5 Å². The van der Waals surface area contributed by atoms with Crippen LogP contribution in [0.3, 0.4) is 0 Å². The molecule has 6 heteroatoms. The van der Waals surface area contributed by atoms with Crippen LogP contribution in [0.1, 0.15) is 37.1 Å². The minimum atomic E-state index is -0.177. The second kappa shape index (κ2) is 7.59. The van der Waals surface area contributed by atoms with Gasteiger partial charge in [0.05, 0.1) is 0 Å². The Balaban J connectivity index is 1.68. The molecule has 1 heterocycles. The fraction of sp³-hybridized carbons (Fsp3) is 0.438. The highest BCUT2D eigenvalue weighted by atomic mass is 16.5. The lowest BCUT2D eigenvalue weighted by atomic mass is 10.2. The normalized spacial score (nSPS) is 10.7. The van der Waals surface area contributed by atoms with Crippen molar-refractivity contribution in [2.75, 3.05) is 13.2 Å². The molecule has 0 bridgehead atoms. The molecule has 0 saturated carbocycles. The van der Waals surface area contributed by atoms with Gasteiger partial charge in [-0.05, 0) is 19.1 Å². The molecule has 0 spiro atoms. The third kappa shape index (κ3) is 4.87. The molecular weight excluding hydrogens is 282 g/mol. The summed E-state index contributed by atoms with van der Waals surface area (Å²) in [5.74, 6) is 1.86. The van der Waals surface area contributed by atoms with E-state index >= 15 is 0 Å². The number of carbonyl (C=O) groups excluding carboxylic acids is 1. The molecule has 0 unspecified atom stereocenters. The van der Waals surface area contributed by atoms with Crippen molar-refractivity contribution in [3.8, 4) is 5.75 Å². The summed E-state index contributed by atoms with van der Waals surface area (Å²) in [6.45, 7) is 6.40. The van der Waals surface area contributed by atoms with Crippen molar-refractivity contribution in [3.05, 3.63) is 41.6 Å². The van der Waals surface area contributed by atoms with Gasteiger partial charge in [-0.1, -0.05) is 31.5 Å². The molecule has 1 aromatic carbocycles. The zero-order chi connectivity index (χ0) is 15.9. The molecule has 0 fully saturated rings. The van der Waals surface area contributed by atoms with Gasteiger partial charge >= 0.3 is 0 Å². The van der Waals surface area contributed by atoms with Crippen molar-refractivity contribution < 1.29 is 13.9 Å². The number of hydrogen-bond acceptors (Lipinski definition) is 5. The number of aryl methyl sites for hydroxylation is 1. The van der Waals surface area contributed by atoms with E-state index in [1.165, 1.54) is 0 Å². The third-order valence-corrected chi connectivity index (χ3v) is 3.03. The molecular formula is C16H21N3O3. The Morgan fingerprint density at radius 2 is 2.00 bits per heavy atom. The molecule has 0 aliphatic rings. The van der Waals surface area contributed by atoms with E-state index in [1.807, 2.05) is 45.0 Å². The van der Waals surface area contributed by atoms with Crippen LogP contribution in [0, 0.1) is 6.92 Å². The number of aromatic nitrogens is 2. The van der Waals surface area contributed by atoms with Gasteiger partial charge in [-0.3, -0.25) is 4.79 Å². The number of nitrogens with zero attached hydrogens (tertiary/aromatic N) is 2. The summed E-state index contributed by atoms with van der Waals surface area (Å²) in [6.07, 6.45) is 0.510.